The Labute approximate surface area is 110 Å². The van der Waals surface area contributed by atoms with E-state index in [0.717, 1.165) is 10.5 Å². The van der Waals surface area contributed by atoms with Crippen LogP contribution in [0.1, 0.15) is 5.56 Å². The van der Waals surface area contributed by atoms with Crippen LogP contribution in [0.4, 0.5) is 13.6 Å². The molecule has 0 spiro atoms. The second kappa shape index (κ2) is 5.97. The molecule has 1 aliphatic rings. The molecule has 2 rings (SSSR count). The Morgan fingerprint density at radius 3 is 2.58 bits per heavy atom. The molecule has 1 aromatic carbocycles. The van der Waals surface area contributed by atoms with Gasteiger partial charge in [-0.15, -0.1) is 0 Å². The van der Waals surface area contributed by atoms with Gasteiger partial charge in [0.1, 0.15) is 0 Å². The van der Waals surface area contributed by atoms with Gasteiger partial charge >= 0.3 is 6.09 Å². The monoisotopic (exact) mass is 270 g/mol. The number of alkyl halides is 2. The molecule has 0 radical (unpaired) electrons. The van der Waals surface area contributed by atoms with Crippen molar-refractivity contribution in [3.63, 3.8) is 0 Å². The highest BCUT2D eigenvalue weighted by molar-refractivity contribution is 5.65. The average molecular weight is 270 g/mol. The molecule has 104 valence electrons. The van der Waals surface area contributed by atoms with Gasteiger partial charge in [-0.3, -0.25) is 4.90 Å². The predicted molar refractivity (Wildman–Crippen MR) is 66.2 cm³/mol. The molecular formula is C13H16F2N2O2. The van der Waals surface area contributed by atoms with Crippen molar-refractivity contribution >= 4 is 6.09 Å². The standard InChI is InChI=1S/C13H16F2N2O2/c14-12(15)11-9-17(13(18)19)7-6-16(11)8-10-4-2-1-3-5-10/h1-5,11-12H,6-9H2,(H,18,19)/t11-/m0/s1. The maximum atomic E-state index is 13.0. The molecule has 0 aliphatic carbocycles. The molecule has 0 unspecified atom stereocenters. The Morgan fingerprint density at radius 1 is 1.32 bits per heavy atom. The number of carboxylic acid groups (broad SMARTS) is 1. The van der Waals surface area contributed by atoms with E-state index in [-0.39, 0.29) is 13.1 Å². The minimum absolute atomic E-state index is 0.139. The zero-order valence-corrected chi connectivity index (χ0v) is 10.4. The first-order valence-electron chi connectivity index (χ1n) is 6.12. The number of hydrogen-bond acceptors (Lipinski definition) is 2. The van der Waals surface area contributed by atoms with Crippen molar-refractivity contribution in [3.05, 3.63) is 35.9 Å². The van der Waals surface area contributed by atoms with E-state index in [1.54, 1.807) is 4.90 Å². The molecule has 1 heterocycles. The molecule has 1 atom stereocenters. The number of hydrogen-bond donors (Lipinski definition) is 1. The highest BCUT2D eigenvalue weighted by Gasteiger charge is 2.35. The van der Waals surface area contributed by atoms with Crippen LogP contribution in [-0.4, -0.2) is 53.1 Å². The summed E-state index contributed by atoms with van der Waals surface area (Å²) in [5.74, 6) is 0. The van der Waals surface area contributed by atoms with Gasteiger partial charge in [0.25, 0.3) is 6.43 Å². The fraction of sp³-hybridized carbons (Fsp3) is 0.462. The lowest BCUT2D eigenvalue weighted by atomic mass is 10.1. The highest BCUT2D eigenvalue weighted by Crippen LogP contribution is 2.19. The Hall–Kier alpha value is -1.69. The molecule has 1 aromatic rings. The molecule has 4 nitrogen and oxygen atoms in total. The van der Waals surface area contributed by atoms with Gasteiger partial charge in [-0.25, -0.2) is 13.6 Å². The molecule has 1 saturated heterocycles. The van der Waals surface area contributed by atoms with Gasteiger partial charge < -0.3 is 10.0 Å². The van der Waals surface area contributed by atoms with Gasteiger partial charge in [0.2, 0.25) is 0 Å². The summed E-state index contributed by atoms with van der Waals surface area (Å²) in [6.45, 7) is 0.880. The second-order valence-corrected chi connectivity index (χ2v) is 4.59. The fourth-order valence-corrected chi connectivity index (χ4v) is 2.27. The highest BCUT2D eigenvalue weighted by atomic mass is 19.3. The maximum absolute atomic E-state index is 13.0. The Balaban J connectivity index is 2.05. The lowest BCUT2D eigenvalue weighted by molar-refractivity contribution is -0.0228. The third kappa shape index (κ3) is 3.41. The minimum atomic E-state index is -2.55. The van der Waals surface area contributed by atoms with Gasteiger partial charge in [-0.2, -0.15) is 0 Å². The number of halogens is 2. The molecule has 1 fully saturated rings. The number of amides is 1. The summed E-state index contributed by atoms with van der Waals surface area (Å²) in [6.07, 6.45) is -3.68. The summed E-state index contributed by atoms with van der Waals surface area (Å²) in [6, 6.07) is 8.32. The molecule has 1 aliphatic heterocycles. The SMILES string of the molecule is O=C(O)N1CCN(Cc2ccccc2)[C@H](C(F)F)C1. The Kier molecular flexibility index (Phi) is 4.31. The van der Waals surface area contributed by atoms with E-state index in [1.165, 1.54) is 0 Å². The van der Waals surface area contributed by atoms with E-state index in [4.69, 9.17) is 5.11 Å². The summed E-state index contributed by atoms with van der Waals surface area (Å²) in [5, 5.41) is 8.88. The molecule has 6 heteroatoms. The van der Waals surface area contributed by atoms with Crippen molar-refractivity contribution in [2.24, 2.45) is 0 Å². The van der Waals surface area contributed by atoms with Gasteiger partial charge in [-0.1, -0.05) is 30.3 Å². The zero-order chi connectivity index (χ0) is 13.8. The van der Waals surface area contributed by atoms with E-state index in [1.807, 2.05) is 30.3 Å². The fourth-order valence-electron chi connectivity index (χ4n) is 2.27. The van der Waals surface area contributed by atoms with Crippen LogP contribution in [0.3, 0.4) is 0 Å². The normalized spacial score (nSPS) is 20.8. The van der Waals surface area contributed by atoms with Crippen LogP contribution in [0.5, 0.6) is 0 Å². The van der Waals surface area contributed by atoms with E-state index in [9.17, 15) is 13.6 Å². The molecule has 0 bridgehead atoms. The van der Waals surface area contributed by atoms with Crippen molar-refractivity contribution < 1.29 is 18.7 Å². The maximum Gasteiger partial charge on any atom is 0.407 e. The molecule has 19 heavy (non-hydrogen) atoms. The summed E-state index contributed by atoms with van der Waals surface area (Å²) < 4.78 is 26.1. The van der Waals surface area contributed by atoms with Crippen molar-refractivity contribution in [1.82, 2.24) is 9.80 Å². The second-order valence-electron chi connectivity index (χ2n) is 4.59. The van der Waals surface area contributed by atoms with Crippen molar-refractivity contribution in [1.29, 1.82) is 0 Å². The Bertz CT molecular complexity index is 428. The van der Waals surface area contributed by atoms with Crippen LogP contribution in [0.15, 0.2) is 30.3 Å². The van der Waals surface area contributed by atoms with Crippen LogP contribution >= 0.6 is 0 Å². The van der Waals surface area contributed by atoms with Crippen LogP contribution in [0.25, 0.3) is 0 Å². The van der Waals surface area contributed by atoms with E-state index in [0.29, 0.717) is 13.1 Å². The van der Waals surface area contributed by atoms with Gasteiger partial charge in [0.15, 0.2) is 0 Å². The largest absolute Gasteiger partial charge is 0.465 e. The van der Waals surface area contributed by atoms with Crippen molar-refractivity contribution in [2.75, 3.05) is 19.6 Å². The third-order valence-corrected chi connectivity index (χ3v) is 3.32. The predicted octanol–water partition coefficient (Wildman–Crippen LogP) is 2.12. The average Bonchev–Trinajstić information content (AvgIpc) is 2.39. The van der Waals surface area contributed by atoms with Crippen LogP contribution < -0.4 is 0 Å². The number of carbonyl (C=O) groups is 1. The first-order valence-corrected chi connectivity index (χ1v) is 6.12. The quantitative estimate of drug-likeness (QED) is 0.915. The van der Waals surface area contributed by atoms with Gasteiger partial charge in [0.05, 0.1) is 6.04 Å². The summed E-state index contributed by atoms with van der Waals surface area (Å²) in [5.41, 5.74) is 0.955. The first kappa shape index (κ1) is 13.7. The lowest BCUT2D eigenvalue weighted by Crippen LogP contribution is -2.56. The lowest BCUT2D eigenvalue weighted by Gasteiger charge is -2.39. The molecule has 1 amide bonds. The van der Waals surface area contributed by atoms with Crippen LogP contribution in [-0.2, 0) is 6.54 Å². The zero-order valence-electron chi connectivity index (χ0n) is 10.4. The van der Waals surface area contributed by atoms with Gasteiger partial charge in [-0.05, 0) is 5.56 Å². The molecule has 1 N–H and O–H groups in total. The summed E-state index contributed by atoms with van der Waals surface area (Å²) >= 11 is 0. The smallest absolute Gasteiger partial charge is 0.407 e. The van der Waals surface area contributed by atoms with Crippen LogP contribution in [0, 0.1) is 0 Å². The Morgan fingerprint density at radius 2 is 2.00 bits per heavy atom. The molecule has 0 saturated carbocycles. The van der Waals surface area contributed by atoms with Crippen molar-refractivity contribution in [2.45, 2.75) is 19.0 Å². The number of benzene rings is 1. The van der Waals surface area contributed by atoms with Crippen LogP contribution in [0.2, 0.25) is 0 Å². The minimum Gasteiger partial charge on any atom is -0.465 e. The van der Waals surface area contributed by atoms with Crippen molar-refractivity contribution in [3.8, 4) is 0 Å². The number of rotatable bonds is 3. The third-order valence-electron chi connectivity index (χ3n) is 3.32. The number of nitrogens with zero attached hydrogens (tertiary/aromatic N) is 2. The molecule has 0 aromatic heterocycles. The van der Waals surface area contributed by atoms with Gasteiger partial charge in [0, 0.05) is 26.2 Å². The topological polar surface area (TPSA) is 43.8 Å². The summed E-state index contributed by atoms with van der Waals surface area (Å²) in [4.78, 5) is 13.6. The van der Waals surface area contributed by atoms with E-state index >= 15 is 0 Å². The number of piperazine rings is 1. The van der Waals surface area contributed by atoms with E-state index in [2.05, 4.69) is 0 Å². The van der Waals surface area contributed by atoms with E-state index < -0.39 is 18.6 Å². The molecular weight excluding hydrogens is 254 g/mol. The summed E-state index contributed by atoms with van der Waals surface area (Å²) in [7, 11) is 0. The first-order chi connectivity index (χ1) is 9.08.